The number of hydrogen-bond donors (Lipinski definition) is 1. The number of rotatable bonds is 2. The molecule has 4 aromatic rings. The Kier molecular flexibility index (Phi) is 4.12. The topological polar surface area (TPSA) is 93.9 Å². The first-order valence-electron chi connectivity index (χ1n) is 8.40. The number of amides is 1. The fourth-order valence-electron chi connectivity index (χ4n) is 3.07. The summed E-state index contributed by atoms with van der Waals surface area (Å²) in [6.45, 7) is 0. The van der Waals surface area contributed by atoms with Gasteiger partial charge < -0.3 is 5.32 Å². The Morgan fingerprint density at radius 1 is 1.14 bits per heavy atom. The van der Waals surface area contributed by atoms with Gasteiger partial charge >= 0.3 is 0 Å². The van der Waals surface area contributed by atoms with Crippen LogP contribution < -0.4 is 5.32 Å². The Hall–Kier alpha value is -2.88. The third kappa shape index (κ3) is 2.98. The van der Waals surface area contributed by atoms with Crippen LogP contribution >= 0.6 is 23.4 Å². The van der Waals surface area contributed by atoms with Crippen LogP contribution in [0.5, 0.6) is 0 Å². The molecule has 0 spiro atoms. The van der Waals surface area contributed by atoms with Crippen molar-refractivity contribution in [2.75, 3.05) is 5.32 Å². The van der Waals surface area contributed by atoms with Crippen LogP contribution in [0.2, 0.25) is 5.02 Å². The van der Waals surface area contributed by atoms with Crippen molar-refractivity contribution in [1.82, 2.24) is 13.9 Å². The van der Waals surface area contributed by atoms with Crippen LogP contribution in [0.4, 0.5) is 5.69 Å². The number of pyridine rings is 1. The van der Waals surface area contributed by atoms with Crippen molar-refractivity contribution in [2.24, 2.45) is 0 Å². The van der Waals surface area contributed by atoms with E-state index >= 15 is 0 Å². The number of benzene rings is 2. The summed E-state index contributed by atoms with van der Waals surface area (Å²) < 4.78 is 26.8. The standard InChI is InChI=1S/C19H11ClN4O3S2/c20-14-9-16-17(29(26,27)24-6-5-21-19(24)28-16)8-13(14)18(25)23-12-7-11-3-1-2-4-15(11)22-10-12/h1-10H,(H,23,25). The summed E-state index contributed by atoms with van der Waals surface area (Å²) in [5.74, 6) is -0.522. The number of anilines is 1. The highest BCUT2D eigenvalue weighted by Gasteiger charge is 2.32. The zero-order chi connectivity index (χ0) is 20.2. The highest BCUT2D eigenvalue weighted by Crippen LogP contribution is 2.41. The first-order valence-corrected chi connectivity index (χ1v) is 11.0. The van der Waals surface area contributed by atoms with Gasteiger partial charge in [0, 0.05) is 22.7 Å². The Balaban J connectivity index is 1.53. The summed E-state index contributed by atoms with van der Waals surface area (Å²) in [4.78, 5) is 21.6. The van der Waals surface area contributed by atoms with Crippen molar-refractivity contribution >= 4 is 55.9 Å². The van der Waals surface area contributed by atoms with Gasteiger partial charge in [-0.25, -0.2) is 17.4 Å². The predicted octanol–water partition coefficient (Wildman–Crippen LogP) is 4.04. The second-order valence-electron chi connectivity index (χ2n) is 6.26. The van der Waals surface area contributed by atoms with Gasteiger partial charge in [0.15, 0.2) is 5.16 Å². The van der Waals surface area contributed by atoms with E-state index < -0.39 is 15.9 Å². The first kappa shape index (κ1) is 18.2. The molecule has 2 aromatic carbocycles. The number of halogens is 1. The molecule has 1 aliphatic rings. The Morgan fingerprint density at radius 2 is 1.97 bits per heavy atom. The number of nitrogens with one attached hydrogen (secondary N) is 1. The summed E-state index contributed by atoms with van der Waals surface area (Å²) in [6.07, 6.45) is 4.32. The van der Waals surface area contributed by atoms with Gasteiger partial charge in [0.25, 0.3) is 15.9 Å². The SMILES string of the molecule is O=C(Nc1cnc2ccccc2c1)c1cc2c(cc1Cl)Sc1nccn1S2(=O)=O. The summed E-state index contributed by atoms with van der Waals surface area (Å²) in [5.41, 5.74) is 1.35. The summed E-state index contributed by atoms with van der Waals surface area (Å²) in [5, 5.41) is 4.08. The molecule has 0 saturated heterocycles. The van der Waals surface area contributed by atoms with Crippen LogP contribution in [-0.4, -0.2) is 28.3 Å². The van der Waals surface area contributed by atoms with Crippen LogP contribution in [0.3, 0.4) is 0 Å². The molecule has 1 aliphatic heterocycles. The number of imidazole rings is 1. The Bertz CT molecular complexity index is 1420. The number of nitrogens with zero attached hydrogens (tertiary/aromatic N) is 3. The van der Waals surface area contributed by atoms with Crippen molar-refractivity contribution in [3.63, 3.8) is 0 Å². The summed E-state index contributed by atoms with van der Waals surface area (Å²) >= 11 is 7.48. The molecule has 3 heterocycles. The molecule has 0 atom stereocenters. The highest BCUT2D eigenvalue weighted by atomic mass is 35.5. The van der Waals surface area contributed by atoms with Crippen LogP contribution in [0, 0.1) is 0 Å². The molecule has 0 saturated carbocycles. The zero-order valence-electron chi connectivity index (χ0n) is 14.5. The van der Waals surface area contributed by atoms with Gasteiger partial charge in [-0.15, -0.1) is 0 Å². The third-order valence-electron chi connectivity index (χ3n) is 4.44. The van der Waals surface area contributed by atoms with Gasteiger partial charge in [0.05, 0.1) is 28.0 Å². The normalized spacial score (nSPS) is 14.2. The molecule has 2 aromatic heterocycles. The minimum absolute atomic E-state index is 0.0131. The van der Waals surface area contributed by atoms with E-state index in [2.05, 4.69) is 15.3 Å². The number of hydrogen-bond acceptors (Lipinski definition) is 6. The molecule has 144 valence electrons. The zero-order valence-corrected chi connectivity index (χ0v) is 16.9. The van der Waals surface area contributed by atoms with Gasteiger partial charge in [-0.05, 0) is 36.0 Å². The van der Waals surface area contributed by atoms with E-state index in [1.807, 2.05) is 24.3 Å². The van der Waals surface area contributed by atoms with Crippen molar-refractivity contribution in [3.05, 3.63) is 71.6 Å². The van der Waals surface area contributed by atoms with Crippen LogP contribution in [0.1, 0.15) is 10.4 Å². The molecular formula is C19H11ClN4O3S2. The highest BCUT2D eigenvalue weighted by molar-refractivity contribution is 8.01. The maximum absolute atomic E-state index is 12.9. The monoisotopic (exact) mass is 442 g/mol. The Labute approximate surface area is 174 Å². The van der Waals surface area contributed by atoms with Gasteiger partial charge in [0.1, 0.15) is 4.90 Å². The lowest BCUT2D eigenvalue weighted by molar-refractivity contribution is 0.102. The van der Waals surface area contributed by atoms with E-state index in [0.717, 1.165) is 14.9 Å². The molecule has 0 fully saturated rings. The van der Waals surface area contributed by atoms with Crippen LogP contribution in [-0.2, 0) is 10.0 Å². The number of para-hydroxylation sites is 1. The maximum atomic E-state index is 12.9. The van der Waals surface area contributed by atoms with Crippen LogP contribution in [0.25, 0.3) is 10.9 Å². The molecule has 5 rings (SSSR count). The van der Waals surface area contributed by atoms with E-state index in [0.29, 0.717) is 15.7 Å². The second kappa shape index (κ2) is 6.58. The van der Waals surface area contributed by atoms with Crippen molar-refractivity contribution in [3.8, 4) is 0 Å². The van der Waals surface area contributed by atoms with Crippen molar-refractivity contribution < 1.29 is 13.2 Å². The van der Waals surface area contributed by atoms with E-state index in [-0.39, 0.29) is 15.5 Å². The maximum Gasteiger partial charge on any atom is 0.270 e. The lowest BCUT2D eigenvalue weighted by Gasteiger charge is -2.19. The number of aromatic nitrogens is 3. The van der Waals surface area contributed by atoms with E-state index in [9.17, 15) is 13.2 Å². The molecule has 0 radical (unpaired) electrons. The lowest BCUT2D eigenvalue weighted by atomic mass is 10.2. The average molecular weight is 443 g/mol. The molecule has 0 aliphatic carbocycles. The molecular weight excluding hydrogens is 432 g/mol. The number of fused-ring (bicyclic) bond motifs is 3. The number of carbonyl (C=O) groups excluding carboxylic acids is 1. The quantitative estimate of drug-likeness (QED) is 0.443. The smallest absolute Gasteiger partial charge is 0.270 e. The predicted molar refractivity (Wildman–Crippen MR) is 110 cm³/mol. The van der Waals surface area contributed by atoms with Crippen molar-refractivity contribution in [2.45, 2.75) is 14.9 Å². The van der Waals surface area contributed by atoms with Gasteiger partial charge in [-0.3, -0.25) is 9.78 Å². The second-order valence-corrected chi connectivity index (χ2v) is 9.46. The summed E-state index contributed by atoms with van der Waals surface area (Å²) in [7, 11) is -3.85. The van der Waals surface area contributed by atoms with Crippen molar-refractivity contribution in [1.29, 1.82) is 0 Å². The molecule has 0 unspecified atom stereocenters. The summed E-state index contributed by atoms with van der Waals surface area (Å²) in [6, 6.07) is 12.1. The van der Waals surface area contributed by atoms with E-state index in [1.165, 1.54) is 42.5 Å². The molecule has 10 heteroatoms. The fourth-order valence-corrected chi connectivity index (χ4v) is 6.28. The molecule has 1 amide bonds. The molecule has 0 bridgehead atoms. The van der Waals surface area contributed by atoms with Gasteiger partial charge in [-0.1, -0.05) is 29.8 Å². The fraction of sp³-hybridized carbons (Fsp3) is 0. The van der Waals surface area contributed by atoms with E-state index in [1.54, 1.807) is 6.07 Å². The minimum Gasteiger partial charge on any atom is -0.321 e. The molecule has 29 heavy (non-hydrogen) atoms. The largest absolute Gasteiger partial charge is 0.321 e. The van der Waals surface area contributed by atoms with E-state index in [4.69, 9.17) is 11.6 Å². The Morgan fingerprint density at radius 3 is 2.83 bits per heavy atom. The first-order chi connectivity index (χ1) is 13.9. The van der Waals surface area contributed by atoms with Crippen LogP contribution in [0.15, 0.2) is 76.0 Å². The van der Waals surface area contributed by atoms with Gasteiger partial charge in [-0.2, -0.15) is 0 Å². The third-order valence-corrected chi connectivity index (χ3v) is 7.75. The molecule has 7 nitrogen and oxygen atoms in total. The minimum atomic E-state index is -3.85. The molecule has 1 N–H and O–H groups in total. The number of carbonyl (C=O) groups is 1. The lowest BCUT2D eigenvalue weighted by Crippen LogP contribution is -2.20. The van der Waals surface area contributed by atoms with Gasteiger partial charge in [0.2, 0.25) is 0 Å². The average Bonchev–Trinajstić information content (AvgIpc) is 3.17.